The Balaban J connectivity index is 2.03. The first-order valence-electron chi connectivity index (χ1n) is 8.31. The first kappa shape index (κ1) is 21.1. The van der Waals surface area contributed by atoms with Gasteiger partial charge < -0.3 is 9.84 Å². The van der Waals surface area contributed by atoms with Crippen LogP contribution in [0.2, 0.25) is 0 Å². The minimum Gasteiger partial charge on any atom is -0.487 e. The molecule has 0 aliphatic rings. The molecular weight excluding hydrogens is 458 g/mol. The van der Waals surface area contributed by atoms with Gasteiger partial charge in [0.15, 0.2) is 11.6 Å². The van der Waals surface area contributed by atoms with Crippen molar-refractivity contribution in [3.05, 3.63) is 91.3 Å². The number of rotatable bonds is 5. The van der Waals surface area contributed by atoms with Crippen molar-refractivity contribution in [1.29, 1.82) is 0 Å². The van der Waals surface area contributed by atoms with E-state index in [1.54, 1.807) is 0 Å². The Morgan fingerprint density at radius 3 is 2.38 bits per heavy atom. The second kappa shape index (κ2) is 8.38. The van der Waals surface area contributed by atoms with Gasteiger partial charge in [-0.1, -0.05) is 0 Å². The number of nitrogens with zero attached hydrogens (tertiary/aromatic N) is 1. The molecule has 0 fully saturated rings. The molecule has 0 saturated heterocycles. The van der Waals surface area contributed by atoms with Gasteiger partial charge in [-0.2, -0.15) is 0 Å². The molecule has 0 radical (unpaired) electrons. The summed E-state index contributed by atoms with van der Waals surface area (Å²) < 4.78 is 62.2. The van der Waals surface area contributed by atoms with Gasteiger partial charge in [0, 0.05) is 29.5 Å². The van der Waals surface area contributed by atoms with E-state index >= 15 is 0 Å². The maximum atomic E-state index is 14.9. The maximum absolute atomic E-state index is 14.9. The van der Waals surface area contributed by atoms with Gasteiger partial charge in [-0.25, -0.2) is 17.6 Å². The third-order valence-electron chi connectivity index (χ3n) is 4.34. The Kier molecular flexibility index (Phi) is 6.09. The SMILES string of the molecule is Cc1c(CO)ccc(=O)n1-c1c(F)cc(OCc2ccc(F)cc2F)c(Br)c1F. The van der Waals surface area contributed by atoms with Crippen molar-refractivity contribution in [1.82, 2.24) is 4.57 Å². The van der Waals surface area contributed by atoms with E-state index < -0.39 is 47.7 Å². The summed E-state index contributed by atoms with van der Waals surface area (Å²) in [5.41, 5.74) is -0.842. The van der Waals surface area contributed by atoms with Gasteiger partial charge in [-0.3, -0.25) is 9.36 Å². The second-order valence-electron chi connectivity index (χ2n) is 6.13. The molecular formula is C20H14BrF4NO3. The molecule has 3 rings (SSSR count). The minimum absolute atomic E-state index is 0.00842. The topological polar surface area (TPSA) is 51.5 Å². The highest BCUT2D eigenvalue weighted by Crippen LogP contribution is 2.34. The fraction of sp³-hybridized carbons (Fsp3) is 0.150. The van der Waals surface area contributed by atoms with E-state index in [-0.39, 0.29) is 21.5 Å². The predicted octanol–water partition coefficient (Wildman–Crippen LogP) is 4.54. The van der Waals surface area contributed by atoms with Crippen molar-refractivity contribution in [3.8, 4) is 11.4 Å². The third kappa shape index (κ3) is 4.06. The summed E-state index contributed by atoms with van der Waals surface area (Å²) in [4.78, 5) is 12.2. The highest BCUT2D eigenvalue weighted by atomic mass is 79.9. The lowest BCUT2D eigenvalue weighted by molar-refractivity contribution is 0.280. The standard InChI is InChI=1S/C20H14BrF4NO3/c1-10-11(8-27)3-5-17(28)26(10)20-15(24)7-16(18(21)19(20)25)29-9-12-2-4-13(22)6-14(12)23/h2-7,27H,8-9H2,1H3. The van der Waals surface area contributed by atoms with Crippen LogP contribution in [0.15, 0.2) is 45.7 Å². The quantitative estimate of drug-likeness (QED) is 0.439. The number of aliphatic hydroxyl groups is 1. The van der Waals surface area contributed by atoms with E-state index in [9.17, 15) is 27.5 Å². The number of hydrogen-bond donors (Lipinski definition) is 1. The maximum Gasteiger partial charge on any atom is 0.255 e. The van der Waals surface area contributed by atoms with Crippen LogP contribution in [-0.4, -0.2) is 9.67 Å². The van der Waals surface area contributed by atoms with Gasteiger partial charge in [0.25, 0.3) is 5.56 Å². The third-order valence-corrected chi connectivity index (χ3v) is 5.08. The lowest BCUT2D eigenvalue weighted by atomic mass is 10.2. The van der Waals surface area contributed by atoms with Gasteiger partial charge in [0.05, 0.1) is 11.1 Å². The van der Waals surface area contributed by atoms with Crippen molar-refractivity contribution < 1.29 is 27.4 Å². The van der Waals surface area contributed by atoms with Crippen molar-refractivity contribution in [3.63, 3.8) is 0 Å². The summed E-state index contributed by atoms with van der Waals surface area (Å²) >= 11 is 2.97. The lowest BCUT2D eigenvalue weighted by Gasteiger charge is -2.17. The molecule has 0 spiro atoms. The van der Waals surface area contributed by atoms with Crippen LogP contribution in [0.5, 0.6) is 5.75 Å². The molecule has 3 aromatic rings. The molecule has 0 bridgehead atoms. The van der Waals surface area contributed by atoms with Gasteiger partial charge >= 0.3 is 0 Å². The summed E-state index contributed by atoms with van der Waals surface area (Å²) in [6.07, 6.45) is 0. The zero-order chi connectivity index (χ0) is 21.3. The minimum atomic E-state index is -1.11. The van der Waals surface area contributed by atoms with Crippen LogP contribution in [0.4, 0.5) is 17.6 Å². The van der Waals surface area contributed by atoms with E-state index in [0.29, 0.717) is 11.6 Å². The molecule has 0 aliphatic carbocycles. The summed E-state index contributed by atoms with van der Waals surface area (Å²) in [6.45, 7) is 0.629. The molecule has 0 unspecified atom stereocenters. The van der Waals surface area contributed by atoms with E-state index in [1.165, 1.54) is 13.0 Å². The molecule has 1 heterocycles. The molecule has 4 nitrogen and oxygen atoms in total. The van der Waals surface area contributed by atoms with Crippen LogP contribution in [-0.2, 0) is 13.2 Å². The molecule has 152 valence electrons. The highest BCUT2D eigenvalue weighted by molar-refractivity contribution is 9.10. The number of pyridine rings is 1. The summed E-state index contributed by atoms with van der Waals surface area (Å²) in [7, 11) is 0. The molecule has 29 heavy (non-hydrogen) atoms. The zero-order valence-corrected chi connectivity index (χ0v) is 16.6. The molecule has 1 N–H and O–H groups in total. The van der Waals surface area contributed by atoms with E-state index in [0.717, 1.165) is 28.8 Å². The second-order valence-corrected chi connectivity index (χ2v) is 6.93. The molecule has 1 aromatic heterocycles. The fourth-order valence-corrected chi connectivity index (χ4v) is 3.21. The Labute approximate surface area is 171 Å². The fourth-order valence-electron chi connectivity index (χ4n) is 2.79. The summed E-state index contributed by atoms with van der Waals surface area (Å²) in [5, 5.41) is 9.35. The van der Waals surface area contributed by atoms with Crippen LogP contribution in [0.1, 0.15) is 16.8 Å². The van der Waals surface area contributed by atoms with Crippen LogP contribution in [0.25, 0.3) is 5.69 Å². The number of ether oxygens (including phenoxy) is 1. The number of halogens is 5. The van der Waals surface area contributed by atoms with Gasteiger partial charge in [0.2, 0.25) is 0 Å². The Morgan fingerprint density at radius 1 is 1.03 bits per heavy atom. The highest BCUT2D eigenvalue weighted by Gasteiger charge is 2.22. The van der Waals surface area contributed by atoms with E-state index in [4.69, 9.17) is 4.74 Å². The first-order chi connectivity index (χ1) is 13.7. The van der Waals surface area contributed by atoms with Crippen molar-refractivity contribution >= 4 is 15.9 Å². The molecule has 2 aromatic carbocycles. The lowest BCUT2D eigenvalue weighted by Crippen LogP contribution is -2.23. The average molecular weight is 472 g/mol. The smallest absolute Gasteiger partial charge is 0.255 e. The number of aliphatic hydroxyl groups excluding tert-OH is 1. The van der Waals surface area contributed by atoms with Crippen molar-refractivity contribution in [2.75, 3.05) is 0 Å². The molecule has 9 heteroatoms. The largest absolute Gasteiger partial charge is 0.487 e. The van der Waals surface area contributed by atoms with Gasteiger partial charge in [-0.05, 0) is 46.6 Å². The summed E-state index contributed by atoms with van der Waals surface area (Å²) in [6, 6.07) is 6.16. The molecule has 0 saturated carbocycles. The zero-order valence-electron chi connectivity index (χ0n) is 15.0. The Bertz CT molecular complexity index is 1150. The molecule has 0 amide bonds. The Morgan fingerprint density at radius 2 is 1.72 bits per heavy atom. The normalized spacial score (nSPS) is 11.0. The monoisotopic (exact) mass is 471 g/mol. The number of hydrogen-bond acceptors (Lipinski definition) is 3. The van der Waals surface area contributed by atoms with Crippen molar-refractivity contribution in [2.24, 2.45) is 0 Å². The average Bonchev–Trinajstić information content (AvgIpc) is 2.67. The van der Waals surface area contributed by atoms with Crippen LogP contribution in [0, 0.1) is 30.2 Å². The number of benzene rings is 2. The van der Waals surface area contributed by atoms with Crippen LogP contribution < -0.4 is 10.3 Å². The van der Waals surface area contributed by atoms with Gasteiger partial charge in [0.1, 0.15) is 29.7 Å². The van der Waals surface area contributed by atoms with Gasteiger partial charge in [-0.15, -0.1) is 0 Å². The van der Waals surface area contributed by atoms with E-state index in [1.807, 2.05) is 0 Å². The number of aromatic nitrogens is 1. The predicted molar refractivity (Wildman–Crippen MR) is 101 cm³/mol. The van der Waals surface area contributed by atoms with Crippen LogP contribution >= 0.6 is 15.9 Å². The van der Waals surface area contributed by atoms with Crippen molar-refractivity contribution in [2.45, 2.75) is 20.1 Å². The first-order valence-corrected chi connectivity index (χ1v) is 9.11. The molecule has 0 aliphatic heterocycles. The Hall–Kier alpha value is -2.65. The molecule has 0 atom stereocenters. The summed E-state index contributed by atoms with van der Waals surface area (Å²) in [5.74, 6) is -4.10. The van der Waals surface area contributed by atoms with E-state index in [2.05, 4.69) is 15.9 Å². The van der Waals surface area contributed by atoms with Crippen LogP contribution in [0.3, 0.4) is 0 Å².